The largest absolute Gasteiger partial charge is 0.378 e. The van der Waals surface area contributed by atoms with E-state index in [4.69, 9.17) is 4.74 Å². The van der Waals surface area contributed by atoms with Crippen LogP contribution in [0.1, 0.15) is 5.69 Å². The SMILES string of the molecule is Cc1ccnc(N(C)CC2COCCN2)n1. The summed E-state index contributed by atoms with van der Waals surface area (Å²) in [6.45, 7) is 5.33. The summed E-state index contributed by atoms with van der Waals surface area (Å²) in [7, 11) is 2.01. The van der Waals surface area contributed by atoms with Crippen molar-refractivity contribution in [2.75, 3.05) is 38.3 Å². The third-order valence-corrected chi connectivity index (χ3v) is 2.62. The Labute approximate surface area is 95.8 Å². The van der Waals surface area contributed by atoms with E-state index < -0.39 is 0 Å². The lowest BCUT2D eigenvalue weighted by molar-refractivity contribution is 0.0790. The maximum atomic E-state index is 5.41. The highest BCUT2D eigenvalue weighted by atomic mass is 16.5. The molecule has 1 aliphatic rings. The maximum absolute atomic E-state index is 5.41. The molecule has 1 fully saturated rings. The highest BCUT2D eigenvalue weighted by Gasteiger charge is 2.16. The number of hydrogen-bond acceptors (Lipinski definition) is 5. The van der Waals surface area contributed by atoms with Crippen molar-refractivity contribution in [1.82, 2.24) is 15.3 Å². The van der Waals surface area contributed by atoms with Crippen molar-refractivity contribution in [3.8, 4) is 0 Å². The number of hydrogen-bond donors (Lipinski definition) is 1. The lowest BCUT2D eigenvalue weighted by Crippen LogP contribution is -2.48. The van der Waals surface area contributed by atoms with Crippen LogP contribution in [0.5, 0.6) is 0 Å². The second-order valence-corrected chi connectivity index (χ2v) is 4.10. The fourth-order valence-electron chi connectivity index (χ4n) is 1.77. The van der Waals surface area contributed by atoms with Gasteiger partial charge in [-0.15, -0.1) is 0 Å². The molecule has 2 heterocycles. The molecule has 0 spiro atoms. The number of aryl methyl sites for hydroxylation is 1. The van der Waals surface area contributed by atoms with Gasteiger partial charge >= 0.3 is 0 Å². The Morgan fingerprint density at radius 3 is 3.19 bits per heavy atom. The van der Waals surface area contributed by atoms with Gasteiger partial charge in [0.25, 0.3) is 0 Å². The van der Waals surface area contributed by atoms with Crippen molar-refractivity contribution in [2.24, 2.45) is 0 Å². The van der Waals surface area contributed by atoms with Crippen molar-refractivity contribution in [1.29, 1.82) is 0 Å². The molecule has 0 bridgehead atoms. The zero-order valence-corrected chi connectivity index (χ0v) is 9.81. The number of likely N-dealkylation sites (N-methyl/N-ethyl adjacent to an activating group) is 1. The molecule has 0 aromatic carbocycles. The smallest absolute Gasteiger partial charge is 0.225 e. The standard InChI is InChI=1S/C11H18N4O/c1-9-3-4-13-11(14-9)15(2)7-10-8-16-6-5-12-10/h3-4,10,12H,5-8H2,1-2H3. The molecule has 88 valence electrons. The first kappa shape index (κ1) is 11.3. The summed E-state index contributed by atoms with van der Waals surface area (Å²) in [5.74, 6) is 0.771. The Morgan fingerprint density at radius 1 is 1.62 bits per heavy atom. The Bertz CT molecular complexity index is 339. The number of rotatable bonds is 3. The van der Waals surface area contributed by atoms with Crippen LogP contribution in [0.4, 0.5) is 5.95 Å². The average molecular weight is 222 g/mol. The van der Waals surface area contributed by atoms with Crippen molar-refractivity contribution < 1.29 is 4.74 Å². The number of nitrogens with zero attached hydrogens (tertiary/aromatic N) is 3. The van der Waals surface area contributed by atoms with E-state index in [9.17, 15) is 0 Å². The molecule has 1 saturated heterocycles. The normalized spacial score (nSPS) is 20.8. The molecule has 1 unspecified atom stereocenters. The first-order valence-electron chi connectivity index (χ1n) is 5.57. The van der Waals surface area contributed by atoms with Crippen LogP contribution in [-0.4, -0.2) is 49.4 Å². The summed E-state index contributed by atoms with van der Waals surface area (Å²) >= 11 is 0. The van der Waals surface area contributed by atoms with Crippen molar-refractivity contribution >= 4 is 5.95 Å². The number of anilines is 1. The van der Waals surface area contributed by atoms with Gasteiger partial charge in [0.05, 0.1) is 13.2 Å². The Morgan fingerprint density at radius 2 is 2.50 bits per heavy atom. The van der Waals surface area contributed by atoms with Gasteiger partial charge in [-0.2, -0.15) is 0 Å². The molecule has 0 radical (unpaired) electrons. The quantitative estimate of drug-likeness (QED) is 0.792. The van der Waals surface area contributed by atoms with Crippen LogP contribution in [0.2, 0.25) is 0 Å². The number of ether oxygens (including phenoxy) is 1. The van der Waals surface area contributed by atoms with Gasteiger partial charge in [0.15, 0.2) is 0 Å². The number of morpholine rings is 1. The molecule has 5 nitrogen and oxygen atoms in total. The number of nitrogens with one attached hydrogen (secondary N) is 1. The van der Waals surface area contributed by atoms with Gasteiger partial charge in [-0.3, -0.25) is 0 Å². The monoisotopic (exact) mass is 222 g/mol. The lowest BCUT2D eigenvalue weighted by Gasteiger charge is -2.28. The minimum Gasteiger partial charge on any atom is -0.378 e. The molecule has 0 saturated carbocycles. The van der Waals surface area contributed by atoms with Crippen LogP contribution in [0.15, 0.2) is 12.3 Å². The van der Waals surface area contributed by atoms with E-state index in [1.54, 1.807) is 6.20 Å². The third-order valence-electron chi connectivity index (χ3n) is 2.62. The second-order valence-electron chi connectivity index (χ2n) is 4.10. The Balaban J connectivity index is 1.94. The van der Waals surface area contributed by atoms with Gasteiger partial charge in [0.2, 0.25) is 5.95 Å². The van der Waals surface area contributed by atoms with Gasteiger partial charge < -0.3 is 15.0 Å². The van der Waals surface area contributed by atoms with Crippen molar-refractivity contribution in [2.45, 2.75) is 13.0 Å². The fraction of sp³-hybridized carbons (Fsp3) is 0.636. The van der Waals surface area contributed by atoms with Gasteiger partial charge in [0.1, 0.15) is 0 Å². The van der Waals surface area contributed by atoms with Gasteiger partial charge in [-0.25, -0.2) is 9.97 Å². The van der Waals surface area contributed by atoms with Gasteiger partial charge in [-0.1, -0.05) is 0 Å². The Hall–Kier alpha value is -1.20. The average Bonchev–Trinajstić information content (AvgIpc) is 2.30. The van der Waals surface area contributed by atoms with E-state index in [1.807, 2.05) is 20.0 Å². The predicted molar refractivity (Wildman–Crippen MR) is 62.6 cm³/mol. The van der Waals surface area contributed by atoms with E-state index in [0.717, 1.165) is 37.9 Å². The van der Waals surface area contributed by atoms with Crippen LogP contribution in [0.3, 0.4) is 0 Å². The predicted octanol–water partition coefficient (Wildman–Crippen LogP) is 0.210. The van der Waals surface area contributed by atoms with Crippen LogP contribution in [-0.2, 0) is 4.74 Å². The summed E-state index contributed by atoms with van der Waals surface area (Å²) in [6, 6.07) is 2.27. The molecular weight excluding hydrogens is 204 g/mol. The first-order chi connectivity index (χ1) is 7.75. The van der Waals surface area contributed by atoms with Gasteiger partial charge in [0, 0.05) is 38.1 Å². The summed E-state index contributed by atoms with van der Waals surface area (Å²) in [6.07, 6.45) is 1.79. The van der Waals surface area contributed by atoms with Crippen molar-refractivity contribution in [3.05, 3.63) is 18.0 Å². The molecule has 1 N–H and O–H groups in total. The third kappa shape index (κ3) is 2.90. The Kier molecular flexibility index (Phi) is 3.69. The summed E-state index contributed by atoms with van der Waals surface area (Å²) < 4.78 is 5.41. The van der Waals surface area contributed by atoms with Crippen LogP contribution in [0.25, 0.3) is 0 Å². The van der Waals surface area contributed by atoms with E-state index in [2.05, 4.69) is 20.2 Å². The molecular formula is C11H18N4O. The van der Waals surface area contributed by atoms with Crippen LogP contribution in [0, 0.1) is 6.92 Å². The molecule has 1 aromatic heterocycles. The van der Waals surface area contributed by atoms with E-state index >= 15 is 0 Å². The molecule has 16 heavy (non-hydrogen) atoms. The van der Waals surface area contributed by atoms with Crippen LogP contribution < -0.4 is 10.2 Å². The maximum Gasteiger partial charge on any atom is 0.225 e. The molecule has 0 amide bonds. The molecule has 5 heteroatoms. The fourth-order valence-corrected chi connectivity index (χ4v) is 1.77. The molecule has 1 aromatic rings. The zero-order chi connectivity index (χ0) is 11.4. The van der Waals surface area contributed by atoms with Crippen LogP contribution >= 0.6 is 0 Å². The van der Waals surface area contributed by atoms with Crippen molar-refractivity contribution in [3.63, 3.8) is 0 Å². The minimum atomic E-state index is 0.364. The number of aromatic nitrogens is 2. The molecule has 2 rings (SSSR count). The molecule has 0 aliphatic carbocycles. The summed E-state index contributed by atoms with van der Waals surface area (Å²) in [4.78, 5) is 10.7. The van der Waals surface area contributed by atoms with Gasteiger partial charge in [-0.05, 0) is 13.0 Å². The highest BCUT2D eigenvalue weighted by Crippen LogP contribution is 2.06. The molecule has 1 atom stereocenters. The zero-order valence-electron chi connectivity index (χ0n) is 9.81. The van der Waals surface area contributed by atoms with E-state index in [0.29, 0.717) is 6.04 Å². The topological polar surface area (TPSA) is 50.3 Å². The summed E-state index contributed by atoms with van der Waals surface area (Å²) in [5, 5.41) is 3.41. The second kappa shape index (κ2) is 5.23. The highest BCUT2D eigenvalue weighted by molar-refractivity contribution is 5.28. The lowest BCUT2D eigenvalue weighted by atomic mass is 10.2. The van der Waals surface area contributed by atoms with E-state index in [1.165, 1.54) is 0 Å². The first-order valence-corrected chi connectivity index (χ1v) is 5.57. The van der Waals surface area contributed by atoms with E-state index in [-0.39, 0.29) is 0 Å². The minimum absolute atomic E-state index is 0.364. The summed E-state index contributed by atoms with van der Waals surface area (Å²) in [5.41, 5.74) is 0.990. The molecule has 1 aliphatic heterocycles.